The van der Waals surface area contributed by atoms with Gasteiger partial charge in [-0.3, -0.25) is 19.4 Å². The summed E-state index contributed by atoms with van der Waals surface area (Å²) in [6, 6.07) is 9.12. The number of benzene rings is 1. The minimum absolute atomic E-state index is 0.233. The van der Waals surface area contributed by atoms with E-state index in [2.05, 4.69) is 10.1 Å². The number of carbonyl (C=O) groups is 1. The third-order valence-corrected chi connectivity index (χ3v) is 5.72. The smallest absolute Gasteiger partial charge is 0.280 e. The molecule has 3 aromatic heterocycles. The van der Waals surface area contributed by atoms with Crippen molar-refractivity contribution in [1.82, 2.24) is 19.7 Å². The molecule has 0 fully saturated rings. The highest BCUT2D eigenvalue weighted by Gasteiger charge is 2.25. The summed E-state index contributed by atoms with van der Waals surface area (Å²) >= 11 is 1.37. The lowest BCUT2D eigenvalue weighted by molar-refractivity contribution is 0.0979. The number of hydrogen-bond acceptors (Lipinski definition) is 7. The fourth-order valence-corrected chi connectivity index (χ4v) is 4.15. The standard InChI is InChI=1S/C21H21N5O3S/c1-4-25-11-9-15(24-25)20(27)26(13-14-6-5-10-22-12-14)21-23-18-16(28-2)7-8-17(29-3)19(18)30-21/h5-12H,4,13H2,1-3H3. The van der Waals surface area contributed by atoms with E-state index in [0.717, 1.165) is 10.3 Å². The average molecular weight is 423 g/mol. The molecule has 1 amide bonds. The van der Waals surface area contributed by atoms with Gasteiger partial charge in [0.1, 0.15) is 21.7 Å². The van der Waals surface area contributed by atoms with E-state index in [1.165, 1.54) is 11.3 Å². The molecule has 0 radical (unpaired) electrons. The topological polar surface area (TPSA) is 82.4 Å². The molecule has 0 atom stereocenters. The van der Waals surface area contributed by atoms with E-state index in [4.69, 9.17) is 14.5 Å². The molecule has 0 spiro atoms. The minimum atomic E-state index is -0.233. The van der Waals surface area contributed by atoms with Gasteiger partial charge in [0.15, 0.2) is 10.8 Å². The lowest BCUT2D eigenvalue weighted by Crippen LogP contribution is -2.30. The van der Waals surface area contributed by atoms with Crippen molar-refractivity contribution >= 4 is 32.6 Å². The molecule has 154 valence electrons. The summed E-state index contributed by atoms with van der Waals surface area (Å²) in [7, 11) is 3.20. The van der Waals surface area contributed by atoms with Gasteiger partial charge in [0.25, 0.3) is 5.91 Å². The molecule has 0 aliphatic heterocycles. The number of aryl methyl sites for hydroxylation is 1. The Hall–Kier alpha value is -3.46. The summed E-state index contributed by atoms with van der Waals surface area (Å²) in [5.41, 5.74) is 1.90. The second-order valence-corrected chi connectivity index (χ2v) is 7.43. The number of pyridine rings is 1. The maximum atomic E-state index is 13.4. The van der Waals surface area contributed by atoms with E-state index in [0.29, 0.717) is 40.9 Å². The molecule has 8 nitrogen and oxygen atoms in total. The number of nitrogens with zero attached hydrogens (tertiary/aromatic N) is 5. The molecular formula is C21H21N5O3S. The quantitative estimate of drug-likeness (QED) is 0.450. The van der Waals surface area contributed by atoms with Crippen LogP contribution in [0.5, 0.6) is 11.5 Å². The first-order chi connectivity index (χ1) is 14.6. The third-order valence-electron chi connectivity index (χ3n) is 4.62. The van der Waals surface area contributed by atoms with Crippen LogP contribution in [0.3, 0.4) is 0 Å². The molecule has 0 aliphatic rings. The molecule has 0 saturated heterocycles. The van der Waals surface area contributed by atoms with E-state index in [9.17, 15) is 4.79 Å². The van der Waals surface area contributed by atoms with Crippen LogP contribution >= 0.6 is 11.3 Å². The van der Waals surface area contributed by atoms with Gasteiger partial charge in [-0.15, -0.1) is 0 Å². The Morgan fingerprint density at radius 1 is 1.17 bits per heavy atom. The summed E-state index contributed by atoms with van der Waals surface area (Å²) in [6.45, 7) is 2.97. The largest absolute Gasteiger partial charge is 0.495 e. The van der Waals surface area contributed by atoms with Crippen molar-refractivity contribution in [3.8, 4) is 11.5 Å². The van der Waals surface area contributed by atoms with Crippen LogP contribution in [0.15, 0.2) is 48.9 Å². The summed E-state index contributed by atoms with van der Waals surface area (Å²) in [6.07, 6.45) is 5.23. The van der Waals surface area contributed by atoms with Gasteiger partial charge in [-0.2, -0.15) is 5.10 Å². The SMILES string of the molecule is CCn1ccc(C(=O)N(Cc2cccnc2)c2nc3c(OC)ccc(OC)c3s2)n1. The van der Waals surface area contributed by atoms with Crippen LogP contribution in [-0.4, -0.2) is 39.9 Å². The van der Waals surface area contributed by atoms with Crippen molar-refractivity contribution in [3.63, 3.8) is 0 Å². The van der Waals surface area contributed by atoms with Gasteiger partial charge in [-0.05, 0) is 36.8 Å². The fourth-order valence-electron chi connectivity index (χ4n) is 3.08. The van der Waals surface area contributed by atoms with Crippen LogP contribution in [0.4, 0.5) is 5.13 Å². The van der Waals surface area contributed by atoms with E-state index in [1.54, 1.807) is 54.5 Å². The van der Waals surface area contributed by atoms with E-state index < -0.39 is 0 Å². The van der Waals surface area contributed by atoms with Crippen LogP contribution in [0.2, 0.25) is 0 Å². The van der Waals surface area contributed by atoms with Crippen molar-refractivity contribution in [3.05, 3.63) is 60.2 Å². The highest BCUT2D eigenvalue weighted by Crippen LogP contribution is 2.40. The number of fused-ring (bicyclic) bond motifs is 1. The number of anilines is 1. The van der Waals surface area contributed by atoms with Gasteiger partial charge in [0.2, 0.25) is 0 Å². The predicted octanol–water partition coefficient (Wildman–Crippen LogP) is 3.77. The summed E-state index contributed by atoms with van der Waals surface area (Å²) < 4.78 is 13.5. The van der Waals surface area contributed by atoms with Crippen molar-refractivity contribution < 1.29 is 14.3 Å². The van der Waals surface area contributed by atoms with E-state index in [-0.39, 0.29) is 5.91 Å². The van der Waals surface area contributed by atoms with Crippen LogP contribution in [0, 0.1) is 0 Å². The zero-order valence-corrected chi connectivity index (χ0v) is 17.7. The average Bonchev–Trinajstić information content (AvgIpc) is 3.44. The predicted molar refractivity (Wildman–Crippen MR) is 115 cm³/mol. The second kappa shape index (κ2) is 8.50. The van der Waals surface area contributed by atoms with Crippen molar-refractivity contribution in [2.24, 2.45) is 0 Å². The first-order valence-electron chi connectivity index (χ1n) is 9.40. The van der Waals surface area contributed by atoms with Crippen molar-refractivity contribution in [2.75, 3.05) is 19.1 Å². The monoisotopic (exact) mass is 423 g/mol. The zero-order chi connectivity index (χ0) is 21.1. The van der Waals surface area contributed by atoms with E-state index >= 15 is 0 Å². The van der Waals surface area contributed by atoms with Gasteiger partial charge >= 0.3 is 0 Å². The summed E-state index contributed by atoms with van der Waals surface area (Å²) in [4.78, 5) is 23.9. The van der Waals surface area contributed by atoms with Gasteiger partial charge < -0.3 is 9.47 Å². The van der Waals surface area contributed by atoms with Gasteiger partial charge in [0, 0.05) is 25.1 Å². The molecule has 0 bridgehead atoms. The number of thiazole rings is 1. The maximum Gasteiger partial charge on any atom is 0.280 e. The highest BCUT2D eigenvalue weighted by atomic mass is 32.1. The molecule has 9 heteroatoms. The summed E-state index contributed by atoms with van der Waals surface area (Å²) in [5.74, 6) is 1.07. The van der Waals surface area contributed by atoms with Crippen molar-refractivity contribution in [2.45, 2.75) is 20.0 Å². The van der Waals surface area contributed by atoms with Gasteiger partial charge in [-0.1, -0.05) is 17.4 Å². The van der Waals surface area contributed by atoms with Crippen LogP contribution in [0.1, 0.15) is 23.0 Å². The molecule has 4 aromatic rings. The number of ether oxygens (including phenoxy) is 2. The Balaban J connectivity index is 1.81. The maximum absolute atomic E-state index is 13.4. The number of hydrogen-bond donors (Lipinski definition) is 0. The second-order valence-electron chi connectivity index (χ2n) is 6.45. The lowest BCUT2D eigenvalue weighted by atomic mass is 10.2. The Morgan fingerprint density at radius 3 is 2.63 bits per heavy atom. The Morgan fingerprint density at radius 2 is 1.97 bits per heavy atom. The van der Waals surface area contributed by atoms with Gasteiger partial charge in [0.05, 0.1) is 20.8 Å². The Bertz CT molecular complexity index is 1130. The molecule has 0 aliphatic carbocycles. The number of aromatic nitrogens is 4. The summed E-state index contributed by atoms with van der Waals surface area (Å²) in [5, 5.41) is 4.91. The number of methoxy groups -OCH3 is 2. The number of rotatable bonds is 7. The van der Waals surface area contributed by atoms with E-state index in [1.807, 2.05) is 25.1 Å². The molecule has 0 unspecified atom stereocenters. The fraction of sp³-hybridized carbons (Fsp3) is 0.238. The van der Waals surface area contributed by atoms with Crippen LogP contribution < -0.4 is 14.4 Å². The number of amides is 1. The lowest BCUT2D eigenvalue weighted by Gasteiger charge is -2.18. The van der Waals surface area contributed by atoms with Crippen LogP contribution in [0.25, 0.3) is 10.2 Å². The molecule has 1 aromatic carbocycles. The first-order valence-corrected chi connectivity index (χ1v) is 10.2. The zero-order valence-electron chi connectivity index (χ0n) is 16.9. The van der Waals surface area contributed by atoms with Crippen molar-refractivity contribution in [1.29, 1.82) is 0 Å². The molecule has 0 N–H and O–H groups in total. The number of carbonyl (C=O) groups excluding carboxylic acids is 1. The molecule has 4 rings (SSSR count). The molecule has 0 saturated carbocycles. The molecular weight excluding hydrogens is 402 g/mol. The Kier molecular flexibility index (Phi) is 5.62. The minimum Gasteiger partial charge on any atom is -0.495 e. The highest BCUT2D eigenvalue weighted by molar-refractivity contribution is 7.22. The molecule has 3 heterocycles. The Labute approximate surface area is 177 Å². The van der Waals surface area contributed by atoms with Gasteiger partial charge in [-0.25, -0.2) is 4.98 Å². The molecule has 30 heavy (non-hydrogen) atoms. The normalized spacial score (nSPS) is 10.9. The third kappa shape index (κ3) is 3.71. The first kappa shape index (κ1) is 19.8. The van der Waals surface area contributed by atoms with Crippen LogP contribution in [-0.2, 0) is 13.1 Å².